The topological polar surface area (TPSA) is 75.3 Å². The van der Waals surface area contributed by atoms with E-state index in [9.17, 15) is 0 Å². The number of aromatic nitrogens is 2. The summed E-state index contributed by atoms with van der Waals surface area (Å²) in [6.45, 7) is 2.74. The third kappa shape index (κ3) is 6.18. The van der Waals surface area contributed by atoms with E-state index in [1.807, 2.05) is 18.2 Å². The molecule has 2 heterocycles. The van der Waals surface area contributed by atoms with Gasteiger partial charge in [0, 0.05) is 35.5 Å². The molecule has 3 aromatic rings. The summed E-state index contributed by atoms with van der Waals surface area (Å²) in [5.41, 5.74) is 0.875. The van der Waals surface area contributed by atoms with Crippen molar-refractivity contribution < 1.29 is 4.52 Å². The van der Waals surface area contributed by atoms with E-state index in [1.165, 1.54) is 4.88 Å². The first-order valence-electron chi connectivity index (χ1n) is 8.25. The number of aliphatic imine (C=N–C) groups is 1. The lowest BCUT2D eigenvalue weighted by molar-refractivity contribution is 0.378. The zero-order valence-corrected chi connectivity index (χ0v) is 18.9. The molecule has 144 valence electrons. The summed E-state index contributed by atoms with van der Waals surface area (Å²) in [4.78, 5) is 9.93. The highest BCUT2D eigenvalue weighted by Gasteiger charge is 2.10. The quantitative estimate of drug-likeness (QED) is 0.285. The minimum Gasteiger partial charge on any atom is -0.356 e. The average molecular weight is 518 g/mol. The molecule has 0 aliphatic heterocycles. The molecule has 0 spiro atoms. The monoisotopic (exact) mass is 517 g/mol. The van der Waals surface area contributed by atoms with Crippen LogP contribution in [0.3, 0.4) is 0 Å². The van der Waals surface area contributed by atoms with Crippen LogP contribution >= 0.6 is 46.9 Å². The number of nitrogens with one attached hydrogen (secondary N) is 2. The SMILES string of the molecule is CN=C(NCCc1nc(-c2ccc(Cl)cc2)no1)NC(C)c1cccs1.I. The van der Waals surface area contributed by atoms with Gasteiger partial charge in [-0.05, 0) is 42.6 Å². The molecule has 0 fully saturated rings. The fourth-order valence-electron chi connectivity index (χ4n) is 2.37. The van der Waals surface area contributed by atoms with Crippen LogP contribution in [-0.2, 0) is 6.42 Å². The number of guanidine groups is 1. The van der Waals surface area contributed by atoms with E-state index >= 15 is 0 Å². The fraction of sp³-hybridized carbons (Fsp3) is 0.278. The third-order valence-electron chi connectivity index (χ3n) is 3.75. The van der Waals surface area contributed by atoms with Crippen molar-refractivity contribution in [2.24, 2.45) is 4.99 Å². The maximum atomic E-state index is 5.90. The van der Waals surface area contributed by atoms with Crippen LogP contribution in [0.4, 0.5) is 0 Å². The van der Waals surface area contributed by atoms with Crippen molar-refractivity contribution in [3.8, 4) is 11.4 Å². The van der Waals surface area contributed by atoms with Gasteiger partial charge in [0.25, 0.3) is 0 Å². The second-order valence-electron chi connectivity index (χ2n) is 5.65. The Bertz CT molecular complexity index is 851. The van der Waals surface area contributed by atoms with Gasteiger partial charge in [-0.15, -0.1) is 35.3 Å². The average Bonchev–Trinajstić information content (AvgIpc) is 3.33. The van der Waals surface area contributed by atoms with Gasteiger partial charge in [0.05, 0.1) is 6.04 Å². The zero-order valence-electron chi connectivity index (χ0n) is 15.0. The molecule has 6 nitrogen and oxygen atoms in total. The van der Waals surface area contributed by atoms with Crippen molar-refractivity contribution >= 4 is 52.9 Å². The van der Waals surface area contributed by atoms with Gasteiger partial charge in [-0.1, -0.05) is 22.8 Å². The Balaban J connectivity index is 0.00000261. The summed E-state index contributed by atoms with van der Waals surface area (Å²) in [5.74, 6) is 1.87. The first-order chi connectivity index (χ1) is 12.7. The number of thiophene rings is 1. The van der Waals surface area contributed by atoms with Crippen LogP contribution in [0.2, 0.25) is 5.02 Å². The van der Waals surface area contributed by atoms with E-state index in [-0.39, 0.29) is 30.0 Å². The molecule has 3 rings (SSSR count). The van der Waals surface area contributed by atoms with Crippen molar-refractivity contribution in [3.05, 3.63) is 57.6 Å². The molecule has 2 N–H and O–H groups in total. The van der Waals surface area contributed by atoms with Crippen LogP contribution < -0.4 is 10.6 Å². The number of nitrogens with zero attached hydrogens (tertiary/aromatic N) is 3. The summed E-state index contributed by atoms with van der Waals surface area (Å²) in [6, 6.07) is 11.7. The standard InChI is InChI=1S/C18H20ClN5OS.HI/c1-12(15-4-3-11-26-15)22-18(20-2)21-10-9-16-23-17(24-25-16)13-5-7-14(19)8-6-13;/h3-8,11-12H,9-10H2,1-2H3,(H2,20,21,22);1H. The van der Waals surface area contributed by atoms with Gasteiger partial charge in [0.2, 0.25) is 11.7 Å². The summed E-state index contributed by atoms with van der Waals surface area (Å²) >= 11 is 7.61. The lowest BCUT2D eigenvalue weighted by Crippen LogP contribution is -2.39. The molecule has 1 atom stereocenters. The van der Waals surface area contributed by atoms with Crippen LogP contribution in [0, 0.1) is 0 Å². The Morgan fingerprint density at radius 1 is 1.30 bits per heavy atom. The minimum absolute atomic E-state index is 0. The van der Waals surface area contributed by atoms with Gasteiger partial charge in [0.1, 0.15) is 0 Å². The molecule has 0 radical (unpaired) electrons. The number of hydrogen-bond donors (Lipinski definition) is 2. The van der Waals surface area contributed by atoms with E-state index in [0.29, 0.717) is 29.7 Å². The van der Waals surface area contributed by atoms with Crippen molar-refractivity contribution in [2.45, 2.75) is 19.4 Å². The van der Waals surface area contributed by atoms with E-state index in [4.69, 9.17) is 16.1 Å². The predicted octanol–water partition coefficient (Wildman–Crippen LogP) is 4.54. The lowest BCUT2D eigenvalue weighted by atomic mass is 10.2. The van der Waals surface area contributed by atoms with Crippen molar-refractivity contribution in [2.75, 3.05) is 13.6 Å². The van der Waals surface area contributed by atoms with E-state index < -0.39 is 0 Å². The summed E-state index contributed by atoms with van der Waals surface area (Å²) in [5, 5.41) is 13.4. The van der Waals surface area contributed by atoms with Gasteiger partial charge in [-0.25, -0.2) is 0 Å². The molecule has 9 heteroatoms. The van der Waals surface area contributed by atoms with Gasteiger partial charge in [-0.2, -0.15) is 4.98 Å². The molecule has 0 bridgehead atoms. The highest BCUT2D eigenvalue weighted by Crippen LogP contribution is 2.19. The summed E-state index contributed by atoms with van der Waals surface area (Å²) in [6.07, 6.45) is 0.606. The molecule has 0 saturated heterocycles. The molecule has 0 saturated carbocycles. The molecule has 1 aromatic carbocycles. The molecule has 0 aliphatic carbocycles. The molecule has 27 heavy (non-hydrogen) atoms. The van der Waals surface area contributed by atoms with Gasteiger partial charge >= 0.3 is 0 Å². The molecule has 1 unspecified atom stereocenters. The van der Waals surface area contributed by atoms with E-state index in [0.717, 1.165) is 11.5 Å². The van der Waals surface area contributed by atoms with Crippen molar-refractivity contribution in [3.63, 3.8) is 0 Å². The van der Waals surface area contributed by atoms with Crippen molar-refractivity contribution in [1.82, 2.24) is 20.8 Å². The predicted molar refractivity (Wildman–Crippen MR) is 121 cm³/mol. The highest BCUT2D eigenvalue weighted by atomic mass is 127. The minimum atomic E-state index is 0. The second kappa shape index (κ2) is 10.6. The van der Waals surface area contributed by atoms with Crippen LogP contribution in [-0.4, -0.2) is 29.7 Å². The van der Waals surface area contributed by atoms with Gasteiger partial charge < -0.3 is 15.2 Å². The van der Waals surface area contributed by atoms with Crippen LogP contribution in [0.5, 0.6) is 0 Å². The smallest absolute Gasteiger partial charge is 0.228 e. The first kappa shape index (κ1) is 21.6. The maximum Gasteiger partial charge on any atom is 0.228 e. The Hall–Kier alpha value is -1.65. The summed E-state index contributed by atoms with van der Waals surface area (Å²) in [7, 11) is 1.75. The number of rotatable bonds is 6. The van der Waals surface area contributed by atoms with Gasteiger partial charge in [-0.3, -0.25) is 4.99 Å². The molecule has 0 aliphatic rings. The van der Waals surface area contributed by atoms with Crippen LogP contribution in [0.15, 0.2) is 51.3 Å². The number of hydrogen-bond acceptors (Lipinski definition) is 5. The number of benzene rings is 1. The zero-order chi connectivity index (χ0) is 18.4. The van der Waals surface area contributed by atoms with E-state index in [1.54, 1.807) is 30.5 Å². The Morgan fingerprint density at radius 2 is 2.07 bits per heavy atom. The third-order valence-corrected chi connectivity index (χ3v) is 5.06. The lowest BCUT2D eigenvalue weighted by Gasteiger charge is -2.16. The largest absolute Gasteiger partial charge is 0.356 e. The van der Waals surface area contributed by atoms with Gasteiger partial charge in [0.15, 0.2) is 5.96 Å². The molecular formula is C18H21ClIN5OS. The second-order valence-corrected chi connectivity index (χ2v) is 7.06. The van der Waals surface area contributed by atoms with Crippen LogP contribution in [0.1, 0.15) is 23.7 Å². The molecule has 2 aromatic heterocycles. The van der Waals surface area contributed by atoms with Crippen LogP contribution in [0.25, 0.3) is 11.4 Å². The Morgan fingerprint density at radius 3 is 2.74 bits per heavy atom. The first-order valence-corrected chi connectivity index (χ1v) is 9.50. The molecule has 0 amide bonds. The van der Waals surface area contributed by atoms with Crippen molar-refractivity contribution in [1.29, 1.82) is 0 Å². The summed E-state index contributed by atoms with van der Waals surface area (Å²) < 4.78 is 5.31. The number of halogens is 2. The normalized spacial score (nSPS) is 12.3. The molecular weight excluding hydrogens is 497 g/mol. The Labute approximate surface area is 184 Å². The van der Waals surface area contributed by atoms with E-state index in [2.05, 4.69) is 44.1 Å². The fourth-order valence-corrected chi connectivity index (χ4v) is 3.23. The Kier molecular flexibility index (Phi) is 8.52. The highest BCUT2D eigenvalue weighted by molar-refractivity contribution is 14.0. The maximum absolute atomic E-state index is 5.90.